The summed E-state index contributed by atoms with van der Waals surface area (Å²) in [5, 5.41) is 10.3. The average molecular weight is 341 g/mol. The van der Waals surface area contributed by atoms with Gasteiger partial charge >= 0.3 is 5.97 Å². The molecule has 2 unspecified atom stereocenters. The summed E-state index contributed by atoms with van der Waals surface area (Å²) in [5.74, 6) is -0.804. The Bertz CT molecular complexity index is 723. The van der Waals surface area contributed by atoms with E-state index in [0.717, 1.165) is 5.56 Å². The number of carbonyl (C=O) groups is 2. The van der Waals surface area contributed by atoms with Crippen LogP contribution in [0.1, 0.15) is 40.9 Å². The minimum absolute atomic E-state index is 0.382. The first-order chi connectivity index (χ1) is 11.8. The molecule has 0 aliphatic rings. The van der Waals surface area contributed by atoms with Crippen molar-refractivity contribution in [2.75, 3.05) is 7.11 Å². The Morgan fingerprint density at radius 2 is 1.72 bits per heavy atom. The molecule has 0 aliphatic heterocycles. The molecule has 0 fully saturated rings. The summed E-state index contributed by atoms with van der Waals surface area (Å²) in [4.78, 5) is 24.0. The molecule has 0 radical (unpaired) electrons. The van der Waals surface area contributed by atoms with Gasteiger partial charge in [0.2, 0.25) is 0 Å². The van der Waals surface area contributed by atoms with E-state index in [-0.39, 0.29) is 0 Å². The van der Waals surface area contributed by atoms with Crippen LogP contribution in [0.2, 0.25) is 0 Å². The van der Waals surface area contributed by atoms with E-state index in [0.29, 0.717) is 24.0 Å². The standard InChI is InChI=1S/C20H23NO4/c1-20(21,18(23)17(22)15-6-4-3-5-7-15)13-12-14-8-10-16(11-9-14)19(24)25-2/h3-11,17,22H,12-13,21H2,1-2H3. The lowest BCUT2D eigenvalue weighted by Gasteiger charge is -2.26. The quantitative estimate of drug-likeness (QED) is 0.755. The number of hydrogen-bond acceptors (Lipinski definition) is 5. The highest BCUT2D eigenvalue weighted by atomic mass is 16.5. The lowest BCUT2D eigenvalue weighted by molar-refractivity contribution is -0.132. The number of benzene rings is 2. The number of ether oxygens (including phenoxy) is 1. The fourth-order valence-corrected chi connectivity index (χ4v) is 2.55. The predicted molar refractivity (Wildman–Crippen MR) is 95.1 cm³/mol. The molecule has 132 valence electrons. The Kier molecular flexibility index (Phi) is 6.07. The highest BCUT2D eigenvalue weighted by Gasteiger charge is 2.33. The van der Waals surface area contributed by atoms with Crippen molar-refractivity contribution >= 4 is 11.8 Å². The second kappa shape index (κ2) is 8.05. The Labute approximate surface area is 147 Å². The van der Waals surface area contributed by atoms with Crippen LogP contribution in [0.15, 0.2) is 54.6 Å². The number of ketones is 1. The number of hydrogen-bond donors (Lipinski definition) is 2. The number of carbonyl (C=O) groups excluding carboxylic acids is 2. The first kappa shape index (κ1) is 18.8. The summed E-state index contributed by atoms with van der Waals surface area (Å²) >= 11 is 0. The van der Waals surface area contributed by atoms with Gasteiger partial charge in [-0.1, -0.05) is 42.5 Å². The van der Waals surface area contributed by atoms with Crippen LogP contribution in [-0.2, 0) is 16.0 Å². The zero-order valence-corrected chi connectivity index (χ0v) is 14.4. The third kappa shape index (κ3) is 4.75. The van der Waals surface area contributed by atoms with E-state index in [2.05, 4.69) is 4.74 Å². The molecule has 5 heteroatoms. The molecule has 2 aromatic carbocycles. The maximum absolute atomic E-state index is 12.5. The molecule has 0 spiro atoms. The maximum Gasteiger partial charge on any atom is 0.337 e. The lowest BCUT2D eigenvalue weighted by Crippen LogP contribution is -2.47. The van der Waals surface area contributed by atoms with E-state index < -0.39 is 23.4 Å². The number of methoxy groups -OCH3 is 1. The van der Waals surface area contributed by atoms with Crippen LogP contribution in [0.3, 0.4) is 0 Å². The fourth-order valence-electron chi connectivity index (χ4n) is 2.55. The van der Waals surface area contributed by atoms with Gasteiger partial charge in [-0.2, -0.15) is 0 Å². The monoisotopic (exact) mass is 341 g/mol. The molecule has 3 N–H and O–H groups in total. The molecule has 5 nitrogen and oxygen atoms in total. The van der Waals surface area contributed by atoms with E-state index >= 15 is 0 Å². The number of Topliss-reactive ketones (excluding diaryl/α,β-unsaturated/α-hetero) is 1. The largest absolute Gasteiger partial charge is 0.465 e. The summed E-state index contributed by atoms with van der Waals surface area (Å²) in [5.41, 5.74) is 6.96. The Hall–Kier alpha value is -2.50. The van der Waals surface area contributed by atoms with Crippen LogP contribution >= 0.6 is 0 Å². The van der Waals surface area contributed by atoms with Gasteiger partial charge in [-0.05, 0) is 43.0 Å². The molecule has 0 saturated heterocycles. The van der Waals surface area contributed by atoms with Crippen molar-refractivity contribution in [3.63, 3.8) is 0 Å². The van der Waals surface area contributed by atoms with Crippen LogP contribution in [0.25, 0.3) is 0 Å². The van der Waals surface area contributed by atoms with Crippen LogP contribution in [0, 0.1) is 0 Å². The topological polar surface area (TPSA) is 89.6 Å². The van der Waals surface area contributed by atoms with Gasteiger partial charge in [0.25, 0.3) is 0 Å². The van der Waals surface area contributed by atoms with Crippen molar-refractivity contribution in [2.24, 2.45) is 5.73 Å². The molecule has 2 atom stereocenters. The molecule has 0 aromatic heterocycles. The van der Waals surface area contributed by atoms with Gasteiger partial charge in [0.15, 0.2) is 5.78 Å². The molecule has 2 aromatic rings. The van der Waals surface area contributed by atoms with Gasteiger partial charge in [0.1, 0.15) is 6.10 Å². The summed E-state index contributed by atoms with van der Waals surface area (Å²) in [6.45, 7) is 1.63. The van der Waals surface area contributed by atoms with Gasteiger partial charge in [0, 0.05) is 0 Å². The fraction of sp³-hybridized carbons (Fsp3) is 0.300. The van der Waals surface area contributed by atoms with Crippen molar-refractivity contribution in [3.05, 3.63) is 71.3 Å². The molecule has 0 heterocycles. The normalized spacial score (nSPS) is 14.4. The van der Waals surface area contributed by atoms with Crippen molar-refractivity contribution in [2.45, 2.75) is 31.4 Å². The van der Waals surface area contributed by atoms with Gasteiger partial charge in [-0.3, -0.25) is 4.79 Å². The average Bonchev–Trinajstić information content (AvgIpc) is 2.65. The SMILES string of the molecule is COC(=O)c1ccc(CCC(C)(N)C(=O)C(O)c2ccccc2)cc1. The lowest BCUT2D eigenvalue weighted by atomic mass is 9.85. The zero-order valence-electron chi connectivity index (χ0n) is 14.4. The van der Waals surface area contributed by atoms with Crippen molar-refractivity contribution < 1.29 is 19.4 Å². The smallest absolute Gasteiger partial charge is 0.337 e. The Morgan fingerprint density at radius 3 is 2.28 bits per heavy atom. The predicted octanol–water partition coefficient (Wildman–Crippen LogP) is 2.43. The van der Waals surface area contributed by atoms with Crippen molar-refractivity contribution in [1.82, 2.24) is 0 Å². The minimum Gasteiger partial charge on any atom is -0.465 e. The first-order valence-electron chi connectivity index (χ1n) is 8.08. The molecule has 0 saturated carbocycles. The number of rotatable bonds is 7. The van der Waals surface area contributed by atoms with Crippen molar-refractivity contribution in [1.29, 1.82) is 0 Å². The van der Waals surface area contributed by atoms with Gasteiger partial charge in [0.05, 0.1) is 18.2 Å². The molecule has 0 bridgehead atoms. The number of aliphatic hydroxyl groups is 1. The summed E-state index contributed by atoms with van der Waals surface area (Å²) in [7, 11) is 1.33. The molecule has 2 rings (SSSR count). The van der Waals surface area contributed by atoms with E-state index in [1.165, 1.54) is 7.11 Å². The number of esters is 1. The third-order valence-electron chi connectivity index (χ3n) is 4.23. The highest BCUT2D eigenvalue weighted by molar-refractivity contribution is 5.92. The molecule has 25 heavy (non-hydrogen) atoms. The van der Waals surface area contributed by atoms with Crippen LogP contribution < -0.4 is 5.73 Å². The number of aryl methyl sites for hydroxylation is 1. The Morgan fingerprint density at radius 1 is 1.12 bits per heavy atom. The van der Waals surface area contributed by atoms with Gasteiger partial charge in [-0.15, -0.1) is 0 Å². The second-order valence-corrected chi connectivity index (χ2v) is 6.28. The number of nitrogens with two attached hydrogens (primary N) is 1. The van der Waals surface area contributed by atoms with Gasteiger partial charge < -0.3 is 15.6 Å². The summed E-state index contributed by atoms with van der Waals surface area (Å²) in [6, 6.07) is 15.7. The van der Waals surface area contributed by atoms with Gasteiger partial charge in [-0.25, -0.2) is 4.79 Å². The molecule has 0 aliphatic carbocycles. The van der Waals surface area contributed by atoms with Crippen LogP contribution in [0.4, 0.5) is 0 Å². The van der Waals surface area contributed by atoms with E-state index in [1.807, 2.05) is 6.07 Å². The van der Waals surface area contributed by atoms with Crippen LogP contribution in [-0.4, -0.2) is 29.5 Å². The van der Waals surface area contributed by atoms with E-state index in [1.54, 1.807) is 55.5 Å². The summed E-state index contributed by atoms with van der Waals surface area (Å²) < 4.78 is 4.66. The van der Waals surface area contributed by atoms with Crippen LogP contribution in [0.5, 0.6) is 0 Å². The van der Waals surface area contributed by atoms with E-state index in [9.17, 15) is 14.7 Å². The number of aliphatic hydroxyl groups excluding tert-OH is 1. The third-order valence-corrected chi connectivity index (χ3v) is 4.23. The zero-order chi connectivity index (χ0) is 18.4. The second-order valence-electron chi connectivity index (χ2n) is 6.28. The van der Waals surface area contributed by atoms with Crippen molar-refractivity contribution in [3.8, 4) is 0 Å². The Balaban J connectivity index is 2.00. The molecular formula is C20H23NO4. The summed E-state index contributed by atoms with van der Waals surface area (Å²) in [6.07, 6.45) is -0.299. The minimum atomic E-state index is -1.24. The highest BCUT2D eigenvalue weighted by Crippen LogP contribution is 2.22. The van der Waals surface area contributed by atoms with E-state index in [4.69, 9.17) is 5.73 Å². The maximum atomic E-state index is 12.5. The molecule has 0 amide bonds. The first-order valence-corrected chi connectivity index (χ1v) is 8.08. The molecular weight excluding hydrogens is 318 g/mol.